The number of rotatable bonds is 5. The molecule has 0 saturated heterocycles. The Morgan fingerprint density at radius 1 is 1.26 bits per heavy atom. The molecule has 1 rings (SSSR count). The largest absolute Gasteiger partial charge is 0.480 e. The van der Waals surface area contributed by atoms with Gasteiger partial charge in [0.1, 0.15) is 12.6 Å². The summed E-state index contributed by atoms with van der Waals surface area (Å²) < 4.78 is 0.844. The van der Waals surface area contributed by atoms with Crippen LogP contribution in [0.3, 0.4) is 0 Å². The van der Waals surface area contributed by atoms with Crippen LogP contribution in [-0.4, -0.2) is 61.0 Å². The third-order valence-corrected chi connectivity index (χ3v) is 2.39. The average molecular weight is 269 g/mol. The van der Waals surface area contributed by atoms with Crippen molar-refractivity contribution in [2.75, 3.05) is 34.3 Å². The molecule has 0 heterocycles. The highest BCUT2D eigenvalue weighted by Crippen LogP contribution is 2.01. The van der Waals surface area contributed by atoms with Crippen LogP contribution in [0.15, 0.2) is 30.3 Å². The van der Waals surface area contributed by atoms with Crippen LogP contribution in [0.1, 0.15) is 5.56 Å². The highest BCUT2D eigenvalue weighted by molar-refractivity contribution is 5.73. The molecular weight excluding hydrogens is 244 g/mol. The first-order valence-electron chi connectivity index (χ1n) is 6.20. The number of carbonyl (C=O) groups is 1. The third kappa shape index (κ3) is 10.2. The Hall–Kier alpha value is -1.43. The number of aliphatic hydroxyl groups excluding tert-OH is 1. The van der Waals surface area contributed by atoms with E-state index in [9.17, 15) is 4.79 Å². The van der Waals surface area contributed by atoms with Gasteiger partial charge in [-0.05, 0) is 12.0 Å². The van der Waals surface area contributed by atoms with Gasteiger partial charge in [-0.2, -0.15) is 0 Å². The van der Waals surface area contributed by atoms with E-state index >= 15 is 0 Å². The molecule has 1 atom stereocenters. The van der Waals surface area contributed by atoms with Crippen LogP contribution in [0.2, 0.25) is 0 Å². The molecule has 1 aromatic carbocycles. The normalized spacial score (nSPS) is 12.3. The lowest BCUT2D eigenvalue weighted by Gasteiger charge is -2.21. The molecule has 0 unspecified atom stereocenters. The zero-order chi connectivity index (χ0) is 14.9. The van der Waals surface area contributed by atoms with Crippen LogP contribution < -0.4 is 5.73 Å². The van der Waals surface area contributed by atoms with E-state index in [1.54, 1.807) is 0 Å². The molecule has 0 spiro atoms. The van der Waals surface area contributed by atoms with Gasteiger partial charge in [0.15, 0.2) is 0 Å². The van der Waals surface area contributed by atoms with Gasteiger partial charge in [-0.1, -0.05) is 30.3 Å². The number of carboxylic acid groups (broad SMARTS) is 1. The van der Waals surface area contributed by atoms with Gasteiger partial charge in [0.25, 0.3) is 0 Å². The maximum atomic E-state index is 10.4. The van der Waals surface area contributed by atoms with Gasteiger partial charge in [-0.3, -0.25) is 4.79 Å². The van der Waals surface area contributed by atoms with E-state index in [0.29, 0.717) is 6.42 Å². The Balaban J connectivity index is 0.000000399. The molecular formula is C14H25N2O3+. The second kappa shape index (κ2) is 8.63. The fourth-order valence-electron chi connectivity index (χ4n) is 1.26. The standard InChI is InChI=1S/C9H11NO2.C5H14NO/c10-8(9(11)12)6-7-4-2-1-3-5-7;1-6(2,3)4-5-7/h1-5,8H,6,10H2,(H,11,12);7H,4-5H2,1-3H3/q;+1/t8-;/m0./s1. The fourth-order valence-corrected chi connectivity index (χ4v) is 1.26. The highest BCUT2D eigenvalue weighted by Gasteiger charge is 2.10. The molecule has 108 valence electrons. The lowest BCUT2D eigenvalue weighted by molar-refractivity contribution is -0.870. The number of quaternary nitrogens is 1. The smallest absolute Gasteiger partial charge is 0.320 e. The number of nitrogens with two attached hydrogens (primary N) is 1. The predicted octanol–water partition coefficient (Wildman–Crippen LogP) is 0.326. The highest BCUT2D eigenvalue weighted by atomic mass is 16.4. The van der Waals surface area contributed by atoms with Crippen molar-refractivity contribution < 1.29 is 19.5 Å². The van der Waals surface area contributed by atoms with E-state index in [-0.39, 0.29) is 6.61 Å². The Bertz CT molecular complexity index is 361. The number of nitrogens with zero attached hydrogens (tertiary/aromatic N) is 1. The number of likely N-dealkylation sites (N-methyl/N-ethyl adjacent to an activating group) is 1. The number of aliphatic hydroxyl groups is 1. The van der Waals surface area contributed by atoms with E-state index in [4.69, 9.17) is 15.9 Å². The molecule has 0 aromatic heterocycles. The van der Waals surface area contributed by atoms with Gasteiger partial charge in [0.05, 0.1) is 27.7 Å². The van der Waals surface area contributed by atoms with Gasteiger partial charge < -0.3 is 20.4 Å². The summed E-state index contributed by atoms with van der Waals surface area (Å²) in [5.41, 5.74) is 6.30. The zero-order valence-electron chi connectivity index (χ0n) is 11.9. The summed E-state index contributed by atoms with van der Waals surface area (Å²) in [5.74, 6) is -0.959. The van der Waals surface area contributed by atoms with Crippen molar-refractivity contribution in [2.24, 2.45) is 5.73 Å². The summed E-state index contributed by atoms with van der Waals surface area (Å²) in [7, 11) is 6.16. The van der Waals surface area contributed by atoms with Crippen molar-refractivity contribution in [3.8, 4) is 0 Å². The Labute approximate surface area is 114 Å². The summed E-state index contributed by atoms with van der Waals surface area (Å²) >= 11 is 0. The van der Waals surface area contributed by atoms with Crippen LogP contribution in [0.25, 0.3) is 0 Å². The van der Waals surface area contributed by atoms with Crippen LogP contribution >= 0.6 is 0 Å². The van der Waals surface area contributed by atoms with Crippen molar-refractivity contribution >= 4 is 5.97 Å². The molecule has 5 heteroatoms. The van der Waals surface area contributed by atoms with E-state index in [0.717, 1.165) is 16.6 Å². The molecule has 5 nitrogen and oxygen atoms in total. The first kappa shape index (κ1) is 17.6. The Morgan fingerprint density at radius 3 is 2.11 bits per heavy atom. The van der Waals surface area contributed by atoms with Crippen LogP contribution in [-0.2, 0) is 11.2 Å². The SMILES string of the molecule is C[N+](C)(C)CCO.N[C@@H](Cc1ccccc1)C(=O)O. The number of aliphatic carboxylic acids is 1. The van der Waals surface area contributed by atoms with Crippen molar-refractivity contribution in [3.63, 3.8) is 0 Å². The summed E-state index contributed by atoms with van der Waals surface area (Å²) in [5, 5.41) is 16.9. The number of benzene rings is 1. The van der Waals surface area contributed by atoms with Gasteiger partial charge in [-0.15, -0.1) is 0 Å². The monoisotopic (exact) mass is 269 g/mol. The van der Waals surface area contributed by atoms with E-state index in [1.807, 2.05) is 30.3 Å². The summed E-state index contributed by atoms with van der Waals surface area (Å²) in [6.07, 6.45) is 0.385. The second-order valence-electron chi connectivity index (χ2n) is 5.37. The Morgan fingerprint density at radius 2 is 1.79 bits per heavy atom. The Kier molecular flexibility index (Phi) is 7.98. The number of hydrogen-bond acceptors (Lipinski definition) is 3. The van der Waals surface area contributed by atoms with Crippen LogP contribution in [0.4, 0.5) is 0 Å². The number of carboxylic acids is 1. The molecule has 0 radical (unpaired) electrons. The molecule has 0 bridgehead atoms. The van der Waals surface area contributed by atoms with Gasteiger partial charge in [-0.25, -0.2) is 0 Å². The molecule has 0 aliphatic carbocycles. The quantitative estimate of drug-likeness (QED) is 0.673. The minimum Gasteiger partial charge on any atom is -0.480 e. The molecule has 4 N–H and O–H groups in total. The lowest BCUT2D eigenvalue weighted by Crippen LogP contribution is -2.36. The second-order valence-corrected chi connectivity index (χ2v) is 5.37. The summed E-state index contributed by atoms with van der Waals surface area (Å²) in [4.78, 5) is 10.4. The number of hydrogen-bond donors (Lipinski definition) is 3. The molecule has 19 heavy (non-hydrogen) atoms. The van der Waals surface area contributed by atoms with Crippen molar-refractivity contribution in [1.29, 1.82) is 0 Å². The van der Waals surface area contributed by atoms with E-state index in [2.05, 4.69) is 21.1 Å². The third-order valence-electron chi connectivity index (χ3n) is 2.39. The van der Waals surface area contributed by atoms with Gasteiger partial charge in [0.2, 0.25) is 0 Å². The average Bonchev–Trinajstić information content (AvgIpc) is 2.29. The minimum atomic E-state index is -0.959. The molecule has 1 aromatic rings. The lowest BCUT2D eigenvalue weighted by atomic mass is 10.1. The molecule has 0 aliphatic rings. The first-order valence-corrected chi connectivity index (χ1v) is 6.20. The van der Waals surface area contributed by atoms with Crippen molar-refractivity contribution in [3.05, 3.63) is 35.9 Å². The van der Waals surface area contributed by atoms with Gasteiger partial charge in [0, 0.05) is 0 Å². The van der Waals surface area contributed by atoms with Crippen LogP contribution in [0.5, 0.6) is 0 Å². The predicted molar refractivity (Wildman–Crippen MR) is 75.7 cm³/mol. The maximum Gasteiger partial charge on any atom is 0.320 e. The topological polar surface area (TPSA) is 83.5 Å². The first-order chi connectivity index (χ1) is 8.76. The maximum absolute atomic E-state index is 10.4. The summed E-state index contributed by atoms with van der Waals surface area (Å²) in [6, 6.07) is 8.54. The van der Waals surface area contributed by atoms with Gasteiger partial charge >= 0.3 is 5.97 Å². The minimum absolute atomic E-state index is 0.281. The van der Waals surface area contributed by atoms with Crippen molar-refractivity contribution in [1.82, 2.24) is 0 Å². The van der Waals surface area contributed by atoms with E-state index in [1.165, 1.54) is 0 Å². The molecule has 0 fully saturated rings. The fraction of sp³-hybridized carbons (Fsp3) is 0.500. The molecule has 0 aliphatic heterocycles. The van der Waals surface area contributed by atoms with Crippen molar-refractivity contribution in [2.45, 2.75) is 12.5 Å². The van der Waals surface area contributed by atoms with E-state index < -0.39 is 12.0 Å². The summed E-state index contributed by atoms with van der Waals surface area (Å²) in [6.45, 7) is 1.11. The molecule has 0 amide bonds. The zero-order valence-corrected chi connectivity index (χ0v) is 11.9. The van der Waals surface area contributed by atoms with Crippen LogP contribution in [0, 0.1) is 0 Å². The molecule has 0 saturated carbocycles.